The molecule has 0 aliphatic carbocycles. The lowest BCUT2D eigenvalue weighted by Gasteiger charge is -2.32. The van der Waals surface area contributed by atoms with Crippen molar-refractivity contribution in [3.63, 3.8) is 0 Å². The van der Waals surface area contributed by atoms with Gasteiger partial charge < -0.3 is 10.2 Å². The Bertz CT molecular complexity index is 1440. The van der Waals surface area contributed by atoms with Gasteiger partial charge >= 0.3 is 0 Å². The second-order valence-electron chi connectivity index (χ2n) is 10.0. The van der Waals surface area contributed by atoms with E-state index in [4.69, 9.17) is 34.8 Å². The summed E-state index contributed by atoms with van der Waals surface area (Å²) in [6.07, 6.45) is 3.35. The minimum atomic E-state index is -3.72. The van der Waals surface area contributed by atoms with E-state index in [-0.39, 0.29) is 48.5 Å². The van der Waals surface area contributed by atoms with Gasteiger partial charge in [-0.25, -0.2) is 8.42 Å². The summed E-state index contributed by atoms with van der Waals surface area (Å²) in [7, 11) is -3.72. The Kier molecular flexibility index (Phi) is 13.0. The van der Waals surface area contributed by atoms with Crippen LogP contribution in [0.1, 0.15) is 43.7 Å². The number of nitrogens with zero attached hydrogens (tertiary/aromatic N) is 2. The Morgan fingerprint density at radius 1 is 0.881 bits per heavy atom. The lowest BCUT2D eigenvalue weighted by atomic mass is 10.0. The quantitative estimate of drug-likeness (QED) is 0.184. The second kappa shape index (κ2) is 16.2. The SMILES string of the molecule is CCCCNC(=O)C(Cc1ccccc1)N(Cc1ccc(Cl)cc1)C(=O)CCCN(c1cc(Cl)ccc1Cl)S(C)(=O)=O. The summed E-state index contributed by atoms with van der Waals surface area (Å²) in [6.45, 7) is 2.74. The Morgan fingerprint density at radius 2 is 1.55 bits per heavy atom. The predicted octanol–water partition coefficient (Wildman–Crippen LogP) is 6.75. The number of halogens is 3. The van der Waals surface area contributed by atoms with Crippen molar-refractivity contribution in [2.75, 3.05) is 23.7 Å². The third-order valence-corrected chi connectivity index (χ3v) is 8.68. The molecule has 0 heterocycles. The van der Waals surface area contributed by atoms with Crippen LogP contribution in [0.4, 0.5) is 5.69 Å². The van der Waals surface area contributed by atoms with Crippen LogP contribution in [0.5, 0.6) is 0 Å². The van der Waals surface area contributed by atoms with Gasteiger partial charge in [0.2, 0.25) is 21.8 Å². The summed E-state index contributed by atoms with van der Waals surface area (Å²) >= 11 is 18.5. The van der Waals surface area contributed by atoms with Crippen LogP contribution in [0.25, 0.3) is 0 Å². The number of amides is 2. The fraction of sp³-hybridized carbons (Fsp3) is 0.355. The first-order chi connectivity index (χ1) is 20.0. The largest absolute Gasteiger partial charge is 0.354 e. The van der Waals surface area contributed by atoms with Gasteiger partial charge in [-0.15, -0.1) is 0 Å². The van der Waals surface area contributed by atoms with Crippen LogP contribution >= 0.6 is 34.8 Å². The second-order valence-corrected chi connectivity index (χ2v) is 13.2. The van der Waals surface area contributed by atoms with Gasteiger partial charge in [0, 0.05) is 42.5 Å². The number of carbonyl (C=O) groups is 2. The molecule has 1 atom stereocenters. The third-order valence-electron chi connectivity index (χ3n) is 6.70. The van der Waals surface area contributed by atoms with Gasteiger partial charge in [0.15, 0.2) is 0 Å². The Hall–Kier alpha value is -2.78. The number of rotatable bonds is 15. The number of anilines is 1. The van der Waals surface area contributed by atoms with Crippen molar-refractivity contribution in [1.29, 1.82) is 0 Å². The Morgan fingerprint density at radius 3 is 2.19 bits per heavy atom. The van der Waals surface area contributed by atoms with E-state index in [1.54, 1.807) is 23.1 Å². The van der Waals surface area contributed by atoms with Crippen molar-refractivity contribution in [3.05, 3.63) is 99.0 Å². The first-order valence-electron chi connectivity index (χ1n) is 13.8. The monoisotopic (exact) mass is 651 g/mol. The maximum atomic E-state index is 13.9. The molecule has 3 aromatic rings. The van der Waals surface area contributed by atoms with E-state index in [1.807, 2.05) is 49.4 Å². The number of hydrogen-bond acceptors (Lipinski definition) is 4. The predicted molar refractivity (Wildman–Crippen MR) is 172 cm³/mol. The standard InChI is InChI=1S/C31H36Cl3N3O4S/c1-3-4-18-35-31(39)29(20-23-9-6-5-7-10-23)36(22-24-12-14-25(32)15-13-24)30(38)11-8-19-37(42(2,40)41)28-21-26(33)16-17-27(28)34/h5-7,9-10,12-17,21,29H,3-4,8,11,18-20,22H2,1-2H3,(H,35,39). The highest BCUT2D eigenvalue weighted by Crippen LogP contribution is 2.31. The zero-order chi connectivity index (χ0) is 30.7. The molecule has 11 heteroatoms. The van der Waals surface area contributed by atoms with Crippen LogP contribution in [0.2, 0.25) is 15.1 Å². The normalized spacial score (nSPS) is 12.0. The maximum Gasteiger partial charge on any atom is 0.243 e. The number of carbonyl (C=O) groups excluding carboxylic acids is 2. The Balaban J connectivity index is 1.88. The van der Waals surface area contributed by atoms with Gasteiger partial charge in [-0.2, -0.15) is 0 Å². The van der Waals surface area contributed by atoms with Gasteiger partial charge in [0.1, 0.15) is 6.04 Å². The van der Waals surface area contributed by atoms with Gasteiger partial charge in [-0.3, -0.25) is 13.9 Å². The lowest BCUT2D eigenvalue weighted by Crippen LogP contribution is -2.50. The minimum absolute atomic E-state index is 0.00528. The van der Waals surface area contributed by atoms with Crippen molar-refractivity contribution in [1.82, 2.24) is 10.2 Å². The van der Waals surface area contributed by atoms with Crippen molar-refractivity contribution >= 4 is 62.3 Å². The summed E-state index contributed by atoms with van der Waals surface area (Å²) in [6, 6.07) is 20.5. The molecule has 1 unspecified atom stereocenters. The molecule has 42 heavy (non-hydrogen) atoms. The molecule has 0 saturated heterocycles. The molecule has 0 aliphatic rings. The van der Waals surface area contributed by atoms with E-state index >= 15 is 0 Å². The van der Waals surface area contributed by atoms with Crippen LogP contribution in [0.3, 0.4) is 0 Å². The summed E-state index contributed by atoms with van der Waals surface area (Å²) in [5.41, 5.74) is 1.98. The number of benzene rings is 3. The van der Waals surface area contributed by atoms with E-state index in [2.05, 4.69) is 5.32 Å². The molecule has 1 N–H and O–H groups in total. The molecule has 0 aromatic heterocycles. The van der Waals surface area contributed by atoms with Crippen LogP contribution in [-0.4, -0.2) is 50.5 Å². The zero-order valence-corrected chi connectivity index (χ0v) is 26.8. The fourth-order valence-corrected chi connectivity index (χ4v) is 6.04. The van der Waals surface area contributed by atoms with Crippen LogP contribution in [0, 0.1) is 0 Å². The maximum absolute atomic E-state index is 13.9. The molecule has 0 saturated carbocycles. The molecular formula is C31H36Cl3N3O4S. The number of unbranched alkanes of at least 4 members (excludes halogenated alkanes) is 1. The van der Waals surface area contributed by atoms with Crippen LogP contribution in [0.15, 0.2) is 72.8 Å². The molecule has 0 radical (unpaired) electrons. The molecule has 3 aromatic carbocycles. The smallest absolute Gasteiger partial charge is 0.243 e. The number of nitrogens with one attached hydrogen (secondary N) is 1. The molecule has 7 nitrogen and oxygen atoms in total. The van der Waals surface area contributed by atoms with Gasteiger partial charge in [0.05, 0.1) is 17.0 Å². The summed E-state index contributed by atoms with van der Waals surface area (Å²) in [5.74, 6) is -0.514. The van der Waals surface area contributed by atoms with Gasteiger partial charge in [-0.05, 0) is 54.3 Å². The first kappa shape index (κ1) is 33.7. The van der Waals surface area contributed by atoms with Crippen molar-refractivity contribution in [2.45, 2.75) is 51.6 Å². The van der Waals surface area contributed by atoms with Crippen molar-refractivity contribution < 1.29 is 18.0 Å². The highest BCUT2D eigenvalue weighted by atomic mass is 35.5. The molecule has 0 aliphatic heterocycles. The number of sulfonamides is 1. The van der Waals surface area contributed by atoms with E-state index in [1.165, 1.54) is 12.1 Å². The van der Waals surface area contributed by atoms with Gasteiger partial charge in [0.25, 0.3) is 0 Å². The summed E-state index contributed by atoms with van der Waals surface area (Å²) in [5, 5.41) is 4.13. The van der Waals surface area contributed by atoms with Crippen molar-refractivity contribution in [2.24, 2.45) is 0 Å². The summed E-state index contributed by atoms with van der Waals surface area (Å²) in [4.78, 5) is 29.0. The van der Waals surface area contributed by atoms with Gasteiger partial charge in [-0.1, -0.05) is 90.6 Å². The molecule has 2 amide bonds. The highest BCUT2D eigenvalue weighted by molar-refractivity contribution is 7.92. The molecule has 3 rings (SSSR count). The molecule has 0 bridgehead atoms. The third kappa shape index (κ3) is 10.2. The van der Waals surface area contributed by atoms with Crippen molar-refractivity contribution in [3.8, 4) is 0 Å². The molecule has 0 spiro atoms. The lowest BCUT2D eigenvalue weighted by molar-refractivity contribution is -0.141. The fourth-order valence-electron chi connectivity index (χ4n) is 4.51. The van der Waals surface area contributed by atoms with E-state index in [9.17, 15) is 18.0 Å². The molecular weight excluding hydrogens is 617 g/mol. The summed E-state index contributed by atoms with van der Waals surface area (Å²) < 4.78 is 26.5. The topological polar surface area (TPSA) is 86.8 Å². The first-order valence-corrected chi connectivity index (χ1v) is 16.8. The van der Waals surface area contributed by atoms with E-state index < -0.39 is 16.1 Å². The average molecular weight is 653 g/mol. The van der Waals surface area contributed by atoms with Crippen LogP contribution < -0.4 is 9.62 Å². The number of hydrogen-bond donors (Lipinski definition) is 1. The Labute approximate surface area is 263 Å². The minimum Gasteiger partial charge on any atom is -0.354 e. The molecule has 226 valence electrons. The molecule has 0 fully saturated rings. The highest BCUT2D eigenvalue weighted by Gasteiger charge is 2.30. The van der Waals surface area contributed by atoms with E-state index in [0.29, 0.717) is 23.0 Å². The van der Waals surface area contributed by atoms with Crippen LogP contribution in [-0.2, 0) is 32.6 Å². The average Bonchev–Trinajstić information content (AvgIpc) is 2.95. The zero-order valence-electron chi connectivity index (χ0n) is 23.7. The van der Waals surface area contributed by atoms with E-state index in [0.717, 1.165) is 34.5 Å².